The van der Waals surface area contributed by atoms with Crippen molar-refractivity contribution in [1.29, 1.82) is 5.26 Å². The maximum Gasteiger partial charge on any atom is 0.309 e. The van der Waals surface area contributed by atoms with E-state index in [1.54, 1.807) is 6.92 Å². The van der Waals surface area contributed by atoms with Crippen LogP contribution < -0.4 is 5.32 Å². The lowest BCUT2D eigenvalue weighted by molar-refractivity contribution is -0.149. The fourth-order valence-electron chi connectivity index (χ4n) is 4.43. The number of esters is 1. The third-order valence-electron chi connectivity index (χ3n) is 6.41. The zero-order valence-corrected chi connectivity index (χ0v) is 21.4. The lowest BCUT2D eigenvalue weighted by atomic mass is 9.98. The van der Waals surface area contributed by atoms with Crippen LogP contribution in [0.15, 0.2) is 29.2 Å². The fourth-order valence-corrected chi connectivity index (χ4v) is 7.18. The minimum Gasteiger partial charge on any atom is -0.466 e. The molecule has 1 fully saturated rings. The molecule has 2 aliphatic rings. The first-order valence-electron chi connectivity index (χ1n) is 11.6. The second-order valence-corrected chi connectivity index (χ2v) is 11.8. The number of ether oxygens (including phenoxy) is 1. The van der Waals surface area contributed by atoms with Crippen LogP contribution in [0.3, 0.4) is 0 Å². The number of fused-ring (bicyclic) bond motifs is 1. The predicted molar refractivity (Wildman–Crippen MR) is 132 cm³/mol. The Morgan fingerprint density at radius 3 is 2.51 bits per heavy atom. The third kappa shape index (κ3) is 5.26. The number of nitrogens with one attached hydrogen (secondary N) is 1. The van der Waals surface area contributed by atoms with Crippen LogP contribution in [0.5, 0.6) is 0 Å². The van der Waals surface area contributed by atoms with Gasteiger partial charge in [0.1, 0.15) is 11.1 Å². The van der Waals surface area contributed by atoms with E-state index in [1.807, 2.05) is 7.05 Å². The number of thiophene rings is 1. The largest absolute Gasteiger partial charge is 0.466 e. The number of hydrogen-bond donors (Lipinski definition) is 1. The number of anilines is 1. The van der Waals surface area contributed by atoms with E-state index < -0.39 is 15.9 Å². The summed E-state index contributed by atoms with van der Waals surface area (Å²) in [7, 11) is -1.72. The quantitative estimate of drug-likeness (QED) is 0.586. The molecule has 186 valence electrons. The second kappa shape index (κ2) is 10.5. The Morgan fingerprint density at radius 1 is 1.20 bits per heavy atom. The Hall–Kier alpha value is -2.78. The van der Waals surface area contributed by atoms with Crippen LogP contribution in [0.4, 0.5) is 5.00 Å². The molecule has 0 spiro atoms. The SMILES string of the molecule is CCOC(=O)C1CCN(S(=O)(=O)c2ccc(C(=O)Nc3sc4c(c3C#N)CCN(C)C4)cc2)CC1. The summed E-state index contributed by atoms with van der Waals surface area (Å²) in [4.78, 5) is 28.1. The number of sulfonamides is 1. The number of likely N-dealkylation sites (N-methyl/N-ethyl adjacent to an activating group) is 1. The molecule has 4 rings (SSSR count). The highest BCUT2D eigenvalue weighted by molar-refractivity contribution is 7.89. The normalized spacial score (nSPS) is 17.4. The van der Waals surface area contributed by atoms with Gasteiger partial charge in [0.2, 0.25) is 10.0 Å². The Bertz CT molecular complexity index is 1260. The van der Waals surface area contributed by atoms with Gasteiger partial charge in [-0.1, -0.05) is 0 Å². The number of carbonyl (C=O) groups excluding carboxylic acids is 2. The van der Waals surface area contributed by atoms with Crippen LogP contribution in [-0.2, 0) is 32.5 Å². The molecule has 3 heterocycles. The molecule has 1 amide bonds. The van der Waals surface area contributed by atoms with Crippen LogP contribution in [0.25, 0.3) is 0 Å². The third-order valence-corrected chi connectivity index (χ3v) is 9.46. The van der Waals surface area contributed by atoms with Crippen molar-refractivity contribution in [1.82, 2.24) is 9.21 Å². The molecule has 9 nitrogen and oxygen atoms in total. The molecule has 0 atom stereocenters. The Labute approximate surface area is 209 Å². The molecule has 0 aliphatic carbocycles. The summed E-state index contributed by atoms with van der Waals surface area (Å²) in [5.74, 6) is -0.958. The number of amides is 1. The molecule has 0 saturated carbocycles. The zero-order chi connectivity index (χ0) is 25.2. The Balaban J connectivity index is 1.43. The molecule has 1 N–H and O–H groups in total. The van der Waals surface area contributed by atoms with Crippen molar-refractivity contribution in [3.8, 4) is 6.07 Å². The van der Waals surface area contributed by atoms with Gasteiger partial charge < -0.3 is 15.0 Å². The van der Waals surface area contributed by atoms with Gasteiger partial charge in [0, 0.05) is 36.6 Å². The van der Waals surface area contributed by atoms with E-state index >= 15 is 0 Å². The molecule has 1 saturated heterocycles. The van der Waals surface area contributed by atoms with E-state index in [0.717, 1.165) is 30.0 Å². The molecule has 2 aromatic rings. The summed E-state index contributed by atoms with van der Waals surface area (Å²) in [6.45, 7) is 4.14. The van der Waals surface area contributed by atoms with Crippen molar-refractivity contribution in [3.05, 3.63) is 45.8 Å². The Morgan fingerprint density at radius 2 is 1.89 bits per heavy atom. The van der Waals surface area contributed by atoms with Crippen LogP contribution in [0.2, 0.25) is 0 Å². The van der Waals surface area contributed by atoms with E-state index in [0.29, 0.717) is 35.6 Å². The number of piperidine rings is 1. The highest BCUT2D eigenvalue weighted by Crippen LogP contribution is 2.36. The van der Waals surface area contributed by atoms with Crippen molar-refractivity contribution in [2.45, 2.75) is 37.6 Å². The maximum atomic E-state index is 13.1. The van der Waals surface area contributed by atoms with Crippen LogP contribution in [0.1, 0.15) is 46.1 Å². The first kappa shape index (κ1) is 25.3. The number of nitrogens with zero attached hydrogens (tertiary/aromatic N) is 3. The van der Waals surface area contributed by atoms with Gasteiger partial charge in [0.15, 0.2) is 0 Å². The van der Waals surface area contributed by atoms with Crippen LogP contribution in [-0.4, -0.2) is 62.8 Å². The monoisotopic (exact) mass is 516 g/mol. The van der Waals surface area contributed by atoms with Crippen LogP contribution in [0, 0.1) is 17.2 Å². The molecular formula is C24H28N4O5S2. The minimum atomic E-state index is -3.74. The average Bonchev–Trinajstić information content (AvgIpc) is 3.20. The van der Waals surface area contributed by atoms with Crippen molar-refractivity contribution in [3.63, 3.8) is 0 Å². The second-order valence-electron chi connectivity index (χ2n) is 8.72. The van der Waals surface area contributed by atoms with Crippen molar-refractivity contribution in [2.75, 3.05) is 38.6 Å². The van der Waals surface area contributed by atoms with Gasteiger partial charge in [-0.15, -0.1) is 11.3 Å². The van der Waals surface area contributed by atoms with E-state index in [2.05, 4.69) is 16.3 Å². The Kier molecular flexibility index (Phi) is 7.56. The van der Waals surface area contributed by atoms with Crippen molar-refractivity contribution in [2.24, 2.45) is 5.92 Å². The van der Waals surface area contributed by atoms with Gasteiger partial charge in [0.25, 0.3) is 5.91 Å². The number of nitriles is 1. The summed E-state index contributed by atoms with van der Waals surface area (Å²) < 4.78 is 32.5. The standard InChI is InChI=1S/C24H28N4O5S2/c1-3-33-24(30)17-8-12-28(13-9-17)35(31,32)18-6-4-16(5-7-18)22(29)26-23-20(14-25)19-10-11-27(2)15-21(19)34-23/h4-7,17H,3,8-13,15H2,1-2H3,(H,26,29). The van der Waals surface area contributed by atoms with E-state index in [9.17, 15) is 23.3 Å². The fraction of sp³-hybridized carbons (Fsp3) is 0.458. The summed E-state index contributed by atoms with van der Waals surface area (Å²) in [6, 6.07) is 8.00. The zero-order valence-electron chi connectivity index (χ0n) is 19.7. The molecule has 2 aliphatic heterocycles. The molecule has 1 aromatic heterocycles. The smallest absolute Gasteiger partial charge is 0.309 e. The van der Waals surface area contributed by atoms with E-state index in [-0.39, 0.29) is 29.9 Å². The van der Waals surface area contributed by atoms with Gasteiger partial charge in [-0.25, -0.2) is 8.42 Å². The molecular weight excluding hydrogens is 488 g/mol. The van der Waals surface area contributed by atoms with Gasteiger partial charge in [0.05, 0.1) is 23.0 Å². The number of carbonyl (C=O) groups is 2. The van der Waals surface area contributed by atoms with Gasteiger partial charge in [-0.05, 0) is 63.1 Å². The predicted octanol–water partition coefficient (Wildman–Crippen LogP) is 2.82. The highest BCUT2D eigenvalue weighted by Gasteiger charge is 2.33. The first-order chi connectivity index (χ1) is 16.7. The van der Waals surface area contributed by atoms with Gasteiger partial charge in [-0.3, -0.25) is 9.59 Å². The summed E-state index contributed by atoms with van der Waals surface area (Å²) in [5.41, 5.74) is 1.81. The summed E-state index contributed by atoms with van der Waals surface area (Å²) >= 11 is 1.41. The highest BCUT2D eigenvalue weighted by atomic mass is 32.2. The minimum absolute atomic E-state index is 0.0935. The topological polar surface area (TPSA) is 120 Å². The molecule has 0 bridgehead atoms. The lowest BCUT2D eigenvalue weighted by Crippen LogP contribution is -2.40. The van der Waals surface area contributed by atoms with Crippen molar-refractivity contribution < 1.29 is 22.7 Å². The van der Waals surface area contributed by atoms with Crippen molar-refractivity contribution >= 4 is 38.2 Å². The lowest BCUT2D eigenvalue weighted by Gasteiger charge is -2.30. The summed E-state index contributed by atoms with van der Waals surface area (Å²) in [6.07, 6.45) is 1.60. The van der Waals surface area contributed by atoms with E-state index in [4.69, 9.17) is 4.74 Å². The maximum absolute atomic E-state index is 13.1. The molecule has 0 radical (unpaired) electrons. The van der Waals surface area contributed by atoms with Gasteiger partial charge in [-0.2, -0.15) is 9.57 Å². The molecule has 35 heavy (non-hydrogen) atoms. The number of rotatable bonds is 6. The number of hydrogen-bond acceptors (Lipinski definition) is 8. The van der Waals surface area contributed by atoms with Crippen LogP contribution >= 0.6 is 11.3 Å². The summed E-state index contributed by atoms with van der Waals surface area (Å²) in [5, 5.41) is 13.0. The molecule has 0 unspecified atom stereocenters. The molecule has 1 aromatic carbocycles. The average molecular weight is 517 g/mol. The molecule has 11 heteroatoms. The first-order valence-corrected chi connectivity index (χ1v) is 13.8. The van der Waals surface area contributed by atoms with Gasteiger partial charge >= 0.3 is 5.97 Å². The van der Waals surface area contributed by atoms with E-state index in [1.165, 1.54) is 39.9 Å². The number of benzene rings is 1.